The van der Waals surface area contributed by atoms with E-state index in [0.717, 1.165) is 50.3 Å². The van der Waals surface area contributed by atoms with Crippen molar-refractivity contribution in [1.29, 1.82) is 0 Å². The molecule has 2 aromatic rings. The number of aromatic nitrogens is 1. The minimum atomic E-state index is 0.110. The number of methoxy groups -OCH3 is 2. The van der Waals surface area contributed by atoms with Crippen molar-refractivity contribution >= 4 is 5.91 Å². The summed E-state index contributed by atoms with van der Waals surface area (Å²) in [5.74, 6) is 1.92. The number of nitrogens with zero attached hydrogens (tertiary/aromatic N) is 3. The Bertz CT molecular complexity index is 856. The summed E-state index contributed by atoms with van der Waals surface area (Å²) in [6.45, 7) is 4.69. The SMILES string of the molecule is COc1cc2c(cc1OC)C(=O)N(CC1CCCN(Cc3ccncc3)C1)CC2. The van der Waals surface area contributed by atoms with Crippen molar-refractivity contribution in [2.24, 2.45) is 5.92 Å². The summed E-state index contributed by atoms with van der Waals surface area (Å²) in [4.78, 5) is 21.8. The second kappa shape index (κ2) is 8.82. The molecule has 1 unspecified atom stereocenters. The predicted molar refractivity (Wildman–Crippen MR) is 111 cm³/mol. The van der Waals surface area contributed by atoms with Crippen LogP contribution in [-0.2, 0) is 13.0 Å². The van der Waals surface area contributed by atoms with E-state index in [1.807, 2.05) is 29.4 Å². The van der Waals surface area contributed by atoms with Crippen molar-refractivity contribution in [3.63, 3.8) is 0 Å². The van der Waals surface area contributed by atoms with Gasteiger partial charge >= 0.3 is 0 Å². The van der Waals surface area contributed by atoms with Gasteiger partial charge in [0.1, 0.15) is 0 Å². The van der Waals surface area contributed by atoms with Crippen LogP contribution in [-0.4, -0.2) is 61.1 Å². The number of ether oxygens (including phenoxy) is 2. The second-order valence-corrected chi connectivity index (χ2v) is 7.96. The lowest BCUT2D eigenvalue weighted by molar-refractivity contribution is 0.0656. The molecule has 154 valence electrons. The highest BCUT2D eigenvalue weighted by Crippen LogP contribution is 2.33. The molecule has 0 aliphatic carbocycles. The minimum absolute atomic E-state index is 0.110. The van der Waals surface area contributed by atoms with Gasteiger partial charge in [0.25, 0.3) is 5.91 Å². The number of amides is 1. The zero-order valence-corrected chi connectivity index (χ0v) is 17.3. The fourth-order valence-electron chi connectivity index (χ4n) is 4.53. The molecule has 0 saturated carbocycles. The van der Waals surface area contributed by atoms with Crippen molar-refractivity contribution in [2.75, 3.05) is 40.4 Å². The third-order valence-corrected chi connectivity index (χ3v) is 6.02. The van der Waals surface area contributed by atoms with Gasteiger partial charge in [0.05, 0.1) is 14.2 Å². The summed E-state index contributed by atoms with van der Waals surface area (Å²) in [6, 6.07) is 7.94. The molecule has 3 heterocycles. The van der Waals surface area contributed by atoms with Gasteiger partial charge in [-0.3, -0.25) is 14.7 Å². The average Bonchev–Trinajstić information content (AvgIpc) is 2.76. The zero-order chi connectivity index (χ0) is 20.2. The first-order valence-corrected chi connectivity index (χ1v) is 10.3. The normalized spacial score (nSPS) is 19.7. The maximum Gasteiger partial charge on any atom is 0.254 e. The van der Waals surface area contributed by atoms with Gasteiger partial charge in [-0.05, 0) is 67.1 Å². The first kappa shape index (κ1) is 19.7. The Morgan fingerprint density at radius 3 is 2.62 bits per heavy atom. The van der Waals surface area contributed by atoms with Crippen LogP contribution in [0, 0.1) is 5.92 Å². The molecule has 1 saturated heterocycles. The molecule has 0 N–H and O–H groups in total. The first-order valence-electron chi connectivity index (χ1n) is 10.3. The fourth-order valence-corrected chi connectivity index (χ4v) is 4.53. The van der Waals surface area contributed by atoms with Gasteiger partial charge in [0.2, 0.25) is 0 Å². The van der Waals surface area contributed by atoms with E-state index >= 15 is 0 Å². The number of piperidine rings is 1. The van der Waals surface area contributed by atoms with Crippen molar-refractivity contribution in [2.45, 2.75) is 25.8 Å². The molecule has 1 aromatic carbocycles. The van der Waals surface area contributed by atoms with Crippen LogP contribution in [0.25, 0.3) is 0 Å². The molecule has 4 rings (SSSR count). The van der Waals surface area contributed by atoms with Gasteiger partial charge in [-0.25, -0.2) is 0 Å². The van der Waals surface area contributed by atoms with E-state index in [1.165, 1.54) is 18.4 Å². The lowest BCUT2D eigenvalue weighted by Crippen LogP contribution is -2.45. The van der Waals surface area contributed by atoms with Crippen LogP contribution in [0.3, 0.4) is 0 Å². The summed E-state index contributed by atoms with van der Waals surface area (Å²) >= 11 is 0. The molecule has 1 amide bonds. The first-order chi connectivity index (χ1) is 14.2. The molecule has 0 bridgehead atoms. The largest absolute Gasteiger partial charge is 0.493 e. The van der Waals surface area contributed by atoms with Gasteiger partial charge in [0.15, 0.2) is 11.5 Å². The lowest BCUT2D eigenvalue weighted by atomic mass is 9.93. The topological polar surface area (TPSA) is 54.9 Å². The van der Waals surface area contributed by atoms with E-state index in [9.17, 15) is 4.79 Å². The van der Waals surface area contributed by atoms with Crippen LogP contribution < -0.4 is 9.47 Å². The van der Waals surface area contributed by atoms with E-state index in [0.29, 0.717) is 17.4 Å². The molecule has 2 aliphatic heterocycles. The maximum atomic E-state index is 13.1. The fraction of sp³-hybridized carbons (Fsp3) is 0.478. The number of hydrogen-bond donors (Lipinski definition) is 0. The minimum Gasteiger partial charge on any atom is -0.493 e. The monoisotopic (exact) mass is 395 g/mol. The molecule has 1 atom stereocenters. The zero-order valence-electron chi connectivity index (χ0n) is 17.3. The van der Waals surface area contributed by atoms with Crippen LogP contribution in [0.4, 0.5) is 0 Å². The van der Waals surface area contributed by atoms with Gasteiger partial charge in [-0.15, -0.1) is 0 Å². The van der Waals surface area contributed by atoms with Gasteiger partial charge in [0, 0.05) is 44.1 Å². The van der Waals surface area contributed by atoms with Crippen molar-refractivity contribution in [3.8, 4) is 11.5 Å². The smallest absolute Gasteiger partial charge is 0.254 e. The van der Waals surface area contributed by atoms with E-state index in [-0.39, 0.29) is 5.91 Å². The Morgan fingerprint density at radius 1 is 1.10 bits per heavy atom. The molecule has 1 fully saturated rings. The van der Waals surface area contributed by atoms with Gasteiger partial charge in [-0.1, -0.05) is 0 Å². The van der Waals surface area contributed by atoms with Crippen molar-refractivity contribution < 1.29 is 14.3 Å². The van der Waals surface area contributed by atoms with E-state index in [2.05, 4.69) is 22.0 Å². The summed E-state index contributed by atoms with van der Waals surface area (Å²) in [7, 11) is 3.23. The maximum absolute atomic E-state index is 13.1. The number of carbonyl (C=O) groups is 1. The van der Waals surface area contributed by atoms with Crippen LogP contribution in [0.15, 0.2) is 36.7 Å². The second-order valence-electron chi connectivity index (χ2n) is 7.96. The number of likely N-dealkylation sites (tertiary alicyclic amines) is 1. The summed E-state index contributed by atoms with van der Waals surface area (Å²) in [5, 5.41) is 0. The molecule has 0 spiro atoms. The van der Waals surface area contributed by atoms with Crippen LogP contribution >= 0.6 is 0 Å². The molecular weight excluding hydrogens is 366 g/mol. The Labute approximate surface area is 172 Å². The molecule has 2 aliphatic rings. The number of benzene rings is 1. The highest BCUT2D eigenvalue weighted by molar-refractivity contribution is 5.97. The predicted octanol–water partition coefficient (Wildman–Crippen LogP) is 3.01. The van der Waals surface area contributed by atoms with E-state index < -0.39 is 0 Å². The Hall–Kier alpha value is -2.60. The molecule has 29 heavy (non-hydrogen) atoms. The Kier molecular flexibility index (Phi) is 6.00. The molecule has 1 aromatic heterocycles. The number of rotatable bonds is 6. The highest BCUT2D eigenvalue weighted by atomic mass is 16.5. The van der Waals surface area contributed by atoms with Crippen molar-refractivity contribution in [1.82, 2.24) is 14.8 Å². The number of carbonyl (C=O) groups excluding carboxylic acids is 1. The Balaban J connectivity index is 1.41. The third-order valence-electron chi connectivity index (χ3n) is 6.02. The molecule has 6 heteroatoms. The van der Waals surface area contributed by atoms with E-state index in [4.69, 9.17) is 9.47 Å². The number of hydrogen-bond acceptors (Lipinski definition) is 5. The van der Waals surface area contributed by atoms with Gasteiger partial charge in [-0.2, -0.15) is 0 Å². The van der Waals surface area contributed by atoms with Gasteiger partial charge < -0.3 is 14.4 Å². The standard InChI is InChI=1S/C23H29N3O3/c1-28-21-12-19-7-11-26(23(27)20(19)13-22(21)29-2)16-18-4-3-10-25(15-18)14-17-5-8-24-9-6-17/h5-6,8-9,12-13,18H,3-4,7,10-11,14-16H2,1-2H3. The third kappa shape index (κ3) is 4.37. The summed E-state index contributed by atoms with van der Waals surface area (Å²) in [6.07, 6.45) is 6.91. The van der Waals surface area contributed by atoms with Crippen LogP contribution in [0.5, 0.6) is 11.5 Å². The number of fused-ring (bicyclic) bond motifs is 1. The highest BCUT2D eigenvalue weighted by Gasteiger charge is 2.30. The molecule has 0 radical (unpaired) electrons. The lowest BCUT2D eigenvalue weighted by Gasteiger charge is -2.37. The molecular formula is C23H29N3O3. The quantitative estimate of drug-likeness (QED) is 0.753. The summed E-state index contributed by atoms with van der Waals surface area (Å²) < 4.78 is 10.8. The molecule has 6 nitrogen and oxygen atoms in total. The number of pyridine rings is 1. The van der Waals surface area contributed by atoms with Crippen molar-refractivity contribution in [3.05, 3.63) is 53.3 Å². The average molecular weight is 396 g/mol. The summed E-state index contributed by atoms with van der Waals surface area (Å²) in [5.41, 5.74) is 3.09. The van der Waals surface area contributed by atoms with Crippen LogP contribution in [0.2, 0.25) is 0 Å². The Morgan fingerprint density at radius 2 is 1.86 bits per heavy atom. The van der Waals surface area contributed by atoms with E-state index in [1.54, 1.807) is 14.2 Å². The van der Waals surface area contributed by atoms with Crippen LogP contribution in [0.1, 0.15) is 34.3 Å².